The lowest BCUT2D eigenvalue weighted by atomic mass is 10.1. The van der Waals surface area contributed by atoms with E-state index in [9.17, 15) is 4.79 Å². The number of anilines is 1. The maximum atomic E-state index is 13.0. The average Bonchev–Trinajstić information content (AvgIpc) is 3.32. The van der Waals surface area contributed by atoms with Gasteiger partial charge >= 0.3 is 0 Å². The molecule has 1 fully saturated rings. The average molecular weight is 347 g/mol. The molecule has 1 saturated heterocycles. The Bertz CT molecular complexity index is 937. The molecule has 0 aliphatic carbocycles. The molecule has 0 atom stereocenters. The van der Waals surface area contributed by atoms with Crippen LogP contribution < -0.4 is 4.90 Å². The molecule has 2 aromatic carbocycles. The highest BCUT2D eigenvalue weighted by Gasteiger charge is 2.17. The third kappa shape index (κ3) is 3.07. The molecular formula is C22H25N3O. The Morgan fingerprint density at radius 2 is 1.85 bits per heavy atom. The number of carbonyl (C=O) groups is 1. The lowest BCUT2D eigenvalue weighted by Gasteiger charge is -2.21. The third-order valence-electron chi connectivity index (χ3n) is 5.31. The lowest BCUT2D eigenvalue weighted by molar-refractivity contribution is 0.0787. The van der Waals surface area contributed by atoms with Crippen LogP contribution in [0.4, 0.5) is 5.69 Å². The van der Waals surface area contributed by atoms with Crippen molar-refractivity contribution in [2.75, 3.05) is 25.0 Å². The quantitative estimate of drug-likeness (QED) is 0.712. The molecule has 1 aromatic heterocycles. The second-order valence-electron chi connectivity index (χ2n) is 7.19. The van der Waals surface area contributed by atoms with Crippen LogP contribution in [-0.4, -0.2) is 35.5 Å². The van der Waals surface area contributed by atoms with E-state index in [1.165, 1.54) is 24.1 Å². The molecule has 0 bridgehead atoms. The van der Waals surface area contributed by atoms with Gasteiger partial charge in [-0.3, -0.25) is 4.79 Å². The van der Waals surface area contributed by atoms with Crippen molar-refractivity contribution in [1.82, 2.24) is 9.47 Å². The first kappa shape index (κ1) is 16.7. The zero-order valence-corrected chi connectivity index (χ0v) is 15.5. The zero-order chi connectivity index (χ0) is 18.1. The van der Waals surface area contributed by atoms with Crippen LogP contribution in [-0.2, 0) is 13.6 Å². The van der Waals surface area contributed by atoms with Crippen molar-refractivity contribution in [3.8, 4) is 0 Å². The van der Waals surface area contributed by atoms with Crippen molar-refractivity contribution >= 4 is 22.5 Å². The number of benzene rings is 2. The molecule has 2 heterocycles. The number of nitrogens with zero attached hydrogens (tertiary/aromatic N) is 3. The minimum atomic E-state index is 0.0633. The summed E-state index contributed by atoms with van der Waals surface area (Å²) in [4.78, 5) is 17.3. The fourth-order valence-electron chi connectivity index (χ4n) is 3.87. The number of hydrogen-bond donors (Lipinski definition) is 0. The Morgan fingerprint density at radius 3 is 2.65 bits per heavy atom. The van der Waals surface area contributed by atoms with Crippen LogP contribution in [0, 0.1) is 0 Å². The lowest BCUT2D eigenvalue weighted by Crippen LogP contribution is -2.26. The predicted octanol–water partition coefficient (Wildman–Crippen LogP) is 4.05. The smallest absolute Gasteiger partial charge is 0.254 e. The highest BCUT2D eigenvalue weighted by atomic mass is 16.2. The van der Waals surface area contributed by atoms with Crippen molar-refractivity contribution in [3.63, 3.8) is 0 Å². The Balaban J connectivity index is 1.55. The van der Waals surface area contributed by atoms with Crippen LogP contribution in [0.5, 0.6) is 0 Å². The monoisotopic (exact) mass is 347 g/mol. The number of fused-ring (bicyclic) bond motifs is 1. The Kier molecular flexibility index (Phi) is 4.41. The van der Waals surface area contributed by atoms with Gasteiger partial charge < -0.3 is 14.4 Å². The summed E-state index contributed by atoms with van der Waals surface area (Å²) in [5.41, 5.74) is 4.29. The minimum absolute atomic E-state index is 0.0633. The van der Waals surface area contributed by atoms with Gasteiger partial charge in [-0.15, -0.1) is 0 Å². The van der Waals surface area contributed by atoms with E-state index in [0.717, 1.165) is 29.6 Å². The molecule has 1 aliphatic rings. The first-order valence-electron chi connectivity index (χ1n) is 9.27. The van der Waals surface area contributed by atoms with E-state index in [0.29, 0.717) is 6.54 Å². The number of hydrogen-bond acceptors (Lipinski definition) is 2. The summed E-state index contributed by atoms with van der Waals surface area (Å²) in [5, 5.41) is 1.01. The molecule has 0 spiro atoms. The molecule has 4 heteroatoms. The SMILES string of the molecule is CN(Cc1cccc(N2CCCC2)c1)C(=O)c1cccc2c1ccn2C. The van der Waals surface area contributed by atoms with Crippen molar-refractivity contribution in [1.29, 1.82) is 0 Å². The number of rotatable bonds is 4. The van der Waals surface area contributed by atoms with E-state index in [1.54, 1.807) is 0 Å². The molecule has 3 aromatic rings. The van der Waals surface area contributed by atoms with E-state index >= 15 is 0 Å². The summed E-state index contributed by atoms with van der Waals surface area (Å²) in [5.74, 6) is 0.0633. The van der Waals surface area contributed by atoms with Gasteiger partial charge in [0.1, 0.15) is 0 Å². The van der Waals surface area contributed by atoms with Gasteiger partial charge in [0.2, 0.25) is 0 Å². The van der Waals surface area contributed by atoms with Crippen molar-refractivity contribution in [2.45, 2.75) is 19.4 Å². The number of amides is 1. The van der Waals surface area contributed by atoms with Crippen LogP contribution in [0.1, 0.15) is 28.8 Å². The summed E-state index contributed by atoms with van der Waals surface area (Å²) in [6.45, 7) is 2.88. The van der Waals surface area contributed by atoms with Gasteiger partial charge in [-0.25, -0.2) is 0 Å². The molecule has 0 unspecified atom stereocenters. The van der Waals surface area contributed by atoms with Crippen LogP contribution in [0.3, 0.4) is 0 Å². The first-order valence-corrected chi connectivity index (χ1v) is 9.27. The standard InChI is InChI=1S/C22H25N3O/c1-23-14-11-19-20(9-6-10-21(19)23)22(26)24(2)16-17-7-5-8-18(15-17)25-12-3-4-13-25/h5-11,14-15H,3-4,12-13,16H2,1-2H3. The van der Waals surface area contributed by atoms with Gasteiger partial charge in [0.25, 0.3) is 5.91 Å². The normalized spacial score (nSPS) is 14.2. The summed E-state index contributed by atoms with van der Waals surface area (Å²) >= 11 is 0. The molecule has 134 valence electrons. The van der Waals surface area contributed by atoms with Crippen molar-refractivity contribution in [3.05, 3.63) is 65.9 Å². The molecule has 0 N–H and O–H groups in total. The van der Waals surface area contributed by atoms with E-state index in [2.05, 4.69) is 29.2 Å². The van der Waals surface area contributed by atoms with E-state index < -0.39 is 0 Å². The minimum Gasteiger partial charge on any atom is -0.372 e. The fraction of sp³-hybridized carbons (Fsp3) is 0.318. The molecule has 0 saturated carbocycles. The van der Waals surface area contributed by atoms with Crippen LogP contribution >= 0.6 is 0 Å². The largest absolute Gasteiger partial charge is 0.372 e. The highest BCUT2D eigenvalue weighted by Crippen LogP contribution is 2.23. The topological polar surface area (TPSA) is 28.5 Å². The molecule has 1 aliphatic heterocycles. The number of aromatic nitrogens is 1. The van der Waals surface area contributed by atoms with Crippen LogP contribution in [0.25, 0.3) is 10.9 Å². The summed E-state index contributed by atoms with van der Waals surface area (Å²) in [7, 11) is 3.89. The summed E-state index contributed by atoms with van der Waals surface area (Å²) in [6, 6.07) is 16.5. The number of carbonyl (C=O) groups excluding carboxylic acids is 1. The molecule has 0 radical (unpaired) electrons. The third-order valence-corrected chi connectivity index (χ3v) is 5.31. The zero-order valence-electron chi connectivity index (χ0n) is 15.5. The first-order chi connectivity index (χ1) is 12.6. The maximum absolute atomic E-state index is 13.0. The maximum Gasteiger partial charge on any atom is 0.254 e. The van der Waals surface area contributed by atoms with E-state index in [-0.39, 0.29) is 5.91 Å². The second-order valence-corrected chi connectivity index (χ2v) is 7.19. The van der Waals surface area contributed by atoms with Gasteiger partial charge in [-0.05, 0) is 48.7 Å². The molecule has 26 heavy (non-hydrogen) atoms. The fourth-order valence-corrected chi connectivity index (χ4v) is 3.87. The van der Waals surface area contributed by atoms with Crippen molar-refractivity contribution < 1.29 is 4.79 Å². The summed E-state index contributed by atoms with van der Waals surface area (Å²) < 4.78 is 2.05. The van der Waals surface area contributed by atoms with Gasteiger partial charge in [0, 0.05) is 62.1 Å². The van der Waals surface area contributed by atoms with E-state index in [1.807, 2.05) is 54.0 Å². The van der Waals surface area contributed by atoms with Gasteiger partial charge in [0.05, 0.1) is 0 Å². The molecular weight excluding hydrogens is 322 g/mol. The summed E-state index contributed by atoms with van der Waals surface area (Å²) in [6.07, 6.45) is 4.54. The van der Waals surface area contributed by atoms with Crippen LogP contribution in [0.15, 0.2) is 54.7 Å². The second kappa shape index (κ2) is 6.87. The Labute approximate surface area is 154 Å². The predicted molar refractivity (Wildman–Crippen MR) is 107 cm³/mol. The molecule has 4 rings (SSSR count). The molecule has 4 nitrogen and oxygen atoms in total. The Morgan fingerprint density at radius 1 is 1.08 bits per heavy atom. The number of aryl methyl sites for hydroxylation is 1. The van der Waals surface area contributed by atoms with Gasteiger partial charge in [-0.1, -0.05) is 18.2 Å². The highest BCUT2D eigenvalue weighted by molar-refractivity contribution is 6.06. The van der Waals surface area contributed by atoms with Gasteiger partial charge in [0.15, 0.2) is 0 Å². The van der Waals surface area contributed by atoms with Gasteiger partial charge in [-0.2, -0.15) is 0 Å². The molecule has 1 amide bonds. The van der Waals surface area contributed by atoms with E-state index in [4.69, 9.17) is 0 Å². The Hall–Kier alpha value is -2.75. The van der Waals surface area contributed by atoms with Crippen LogP contribution in [0.2, 0.25) is 0 Å². The van der Waals surface area contributed by atoms with Crippen molar-refractivity contribution in [2.24, 2.45) is 7.05 Å².